The molecule has 0 bridgehead atoms. The Bertz CT molecular complexity index is 559. The van der Waals surface area contributed by atoms with Crippen molar-refractivity contribution in [2.45, 2.75) is 0 Å². The molecule has 0 spiro atoms. The van der Waals surface area contributed by atoms with Crippen LogP contribution in [0.4, 0.5) is 4.39 Å². The van der Waals surface area contributed by atoms with Crippen LogP contribution in [0.3, 0.4) is 0 Å². The van der Waals surface area contributed by atoms with Crippen molar-refractivity contribution in [3.05, 3.63) is 23.5 Å². The lowest BCUT2D eigenvalue weighted by Crippen LogP contribution is -2.10. The van der Waals surface area contributed by atoms with E-state index in [9.17, 15) is 4.39 Å². The van der Waals surface area contributed by atoms with Crippen molar-refractivity contribution in [1.82, 2.24) is 5.16 Å². The molecule has 2 N–H and O–H groups in total. The fourth-order valence-electron chi connectivity index (χ4n) is 1.35. The SMILES string of the molecule is N#Cc1c(F)ccc2onc(OCCN)c12. The van der Waals surface area contributed by atoms with E-state index in [1.165, 1.54) is 6.07 Å². The maximum absolute atomic E-state index is 13.3. The van der Waals surface area contributed by atoms with Gasteiger partial charge in [0.2, 0.25) is 0 Å². The molecule has 1 aromatic heterocycles. The molecule has 0 unspecified atom stereocenters. The summed E-state index contributed by atoms with van der Waals surface area (Å²) >= 11 is 0. The van der Waals surface area contributed by atoms with Crippen LogP contribution in [0.25, 0.3) is 11.0 Å². The minimum absolute atomic E-state index is 0.0940. The summed E-state index contributed by atoms with van der Waals surface area (Å²) in [6.07, 6.45) is 0. The number of halogens is 1. The van der Waals surface area contributed by atoms with Crippen LogP contribution in [0, 0.1) is 17.1 Å². The zero-order valence-corrected chi connectivity index (χ0v) is 8.24. The number of ether oxygens (including phenoxy) is 1. The highest BCUT2D eigenvalue weighted by atomic mass is 19.1. The molecule has 0 aliphatic carbocycles. The zero-order chi connectivity index (χ0) is 11.5. The van der Waals surface area contributed by atoms with Crippen molar-refractivity contribution >= 4 is 11.0 Å². The molecule has 0 atom stereocenters. The Morgan fingerprint density at radius 2 is 2.38 bits per heavy atom. The molecule has 0 amide bonds. The predicted molar refractivity (Wildman–Crippen MR) is 53.2 cm³/mol. The molecule has 0 radical (unpaired) electrons. The average molecular weight is 221 g/mol. The predicted octanol–water partition coefficient (Wildman–Crippen LogP) is 1.18. The number of nitrogens with two attached hydrogens (primary N) is 1. The number of benzene rings is 1. The Labute approximate surface area is 90.2 Å². The summed E-state index contributed by atoms with van der Waals surface area (Å²) in [4.78, 5) is 0. The summed E-state index contributed by atoms with van der Waals surface area (Å²) in [5, 5.41) is 12.7. The Kier molecular flexibility index (Phi) is 2.70. The third-order valence-corrected chi connectivity index (χ3v) is 2.03. The fourth-order valence-corrected chi connectivity index (χ4v) is 1.35. The summed E-state index contributed by atoms with van der Waals surface area (Å²) in [6, 6.07) is 4.30. The van der Waals surface area contributed by atoms with E-state index in [4.69, 9.17) is 20.3 Å². The standard InChI is InChI=1S/C10H8FN3O2/c11-7-1-2-8-9(6(7)5-13)10(14-16-8)15-4-3-12/h1-2H,3-4,12H2. The average Bonchev–Trinajstić information content (AvgIpc) is 2.70. The molecule has 0 saturated heterocycles. The molecule has 0 aliphatic rings. The van der Waals surface area contributed by atoms with Crippen LogP contribution in [-0.2, 0) is 0 Å². The molecule has 2 aromatic rings. The maximum atomic E-state index is 13.3. The number of rotatable bonds is 3. The summed E-state index contributed by atoms with van der Waals surface area (Å²) in [6.45, 7) is 0.522. The molecule has 82 valence electrons. The van der Waals surface area contributed by atoms with E-state index in [1.807, 2.05) is 0 Å². The largest absolute Gasteiger partial charge is 0.474 e. The maximum Gasteiger partial charge on any atom is 0.263 e. The van der Waals surface area contributed by atoms with Crippen LogP contribution in [0.2, 0.25) is 0 Å². The first-order valence-corrected chi connectivity index (χ1v) is 4.58. The summed E-state index contributed by atoms with van der Waals surface area (Å²) in [5.41, 5.74) is 5.44. The second-order valence-corrected chi connectivity index (χ2v) is 3.03. The molecular weight excluding hydrogens is 213 g/mol. The summed E-state index contributed by atoms with van der Waals surface area (Å²) < 4.78 is 23.4. The molecule has 0 aliphatic heterocycles. The monoisotopic (exact) mass is 221 g/mol. The second-order valence-electron chi connectivity index (χ2n) is 3.03. The van der Waals surface area contributed by atoms with Crippen LogP contribution in [0.1, 0.15) is 5.56 Å². The molecule has 1 aromatic carbocycles. The molecule has 2 rings (SSSR count). The molecule has 1 heterocycles. The van der Waals surface area contributed by atoms with E-state index in [0.29, 0.717) is 12.1 Å². The zero-order valence-electron chi connectivity index (χ0n) is 8.24. The highest BCUT2D eigenvalue weighted by Gasteiger charge is 2.17. The van der Waals surface area contributed by atoms with Crippen LogP contribution in [-0.4, -0.2) is 18.3 Å². The molecular formula is C10H8FN3O2. The Morgan fingerprint density at radius 3 is 3.06 bits per heavy atom. The second kappa shape index (κ2) is 4.16. The van der Waals surface area contributed by atoms with Gasteiger partial charge in [-0.05, 0) is 17.3 Å². The van der Waals surface area contributed by atoms with Gasteiger partial charge in [-0.1, -0.05) is 0 Å². The van der Waals surface area contributed by atoms with Crippen molar-refractivity contribution in [3.63, 3.8) is 0 Å². The lowest BCUT2D eigenvalue weighted by Gasteiger charge is -2.00. The summed E-state index contributed by atoms with van der Waals surface area (Å²) in [5.74, 6) is -0.535. The van der Waals surface area contributed by atoms with E-state index in [-0.39, 0.29) is 23.4 Å². The number of hydrogen-bond donors (Lipinski definition) is 1. The molecule has 6 heteroatoms. The van der Waals surface area contributed by atoms with E-state index >= 15 is 0 Å². The van der Waals surface area contributed by atoms with Crippen molar-refractivity contribution in [3.8, 4) is 11.9 Å². The first-order chi connectivity index (χ1) is 7.77. The first kappa shape index (κ1) is 10.4. The minimum Gasteiger partial charge on any atom is -0.474 e. The van der Waals surface area contributed by atoms with Crippen LogP contribution in [0.15, 0.2) is 16.7 Å². The van der Waals surface area contributed by atoms with Gasteiger partial charge >= 0.3 is 0 Å². The van der Waals surface area contributed by atoms with E-state index < -0.39 is 5.82 Å². The van der Waals surface area contributed by atoms with Gasteiger partial charge in [-0.3, -0.25) is 0 Å². The lowest BCUT2D eigenvalue weighted by atomic mass is 10.1. The molecule has 16 heavy (non-hydrogen) atoms. The van der Waals surface area contributed by atoms with Gasteiger partial charge in [0, 0.05) is 6.54 Å². The number of fused-ring (bicyclic) bond motifs is 1. The van der Waals surface area contributed by atoms with Crippen LogP contribution in [0.5, 0.6) is 5.88 Å². The summed E-state index contributed by atoms with van der Waals surface area (Å²) in [7, 11) is 0. The van der Waals surface area contributed by atoms with E-state index in [2.05, 4.69) is 5.16 Å². The Balaban J connectivity index is 2.60. The van der Waals surface area contributed by atoms with Crippen molar-refractivity contribution in [1.29, 1.82) is 5.26 Å². The van der Waals surface area contributed by atoms with Gasteiger partial charge < -0.3 is 15.0 Å². The van der Waals surface area contributed by atoms with Crippen molar-refractivity contribution in [2.24, 2.45) is 5.73 Å². The first-order valence-electron chi connectivity index (χ1n) is 4.58. The Morgan fingerprint density at radius 1 is 1.56 bits per heavy atom. The Hall–Kier alpha value is -2.13. The van der Waals surface area contributed by atoms with Gasteiger partial charge in [0.15, 0.2) is 5.58 Å². The minimum atomic E-state index is -0.629. The number of nitrogens with zero attached hydrogens (tertiary/aromatic N) is 2. The van der Waals surface area contributed by atoms with E-state index in [0.717, 1.165) is 6.07 Å². The van der Waals surface area contributed by atoms with Gasteiger partial charge in [-0.2, -0.15) is 5.26 Å². The highest BCUT2D eigenvalue weighted by Crippen LogP contribution is 2.29. The number of hydrogen-bond acceptors (Lipinski definition) is 5. The smallest absolute Gasteiger partial charge is 0.263 e. The fraction of sp³-hybridized carbons (Fsp3) is 0.200. The van der Waals surface area contributed by atoms with Gasteiger partial charge in [0.25, 0.3) is 5.88 Å². The van der Waals surface area contributed by atoms with Gasteiger partial charge in [0.05, 0.1) is 0 Å². The van der Waals surface area contributed by atoms with Gasteiger partial charge in [-0.15, -0.1) is 0 Å². The van der Waals surface area contributed by atoms with Crippen molar-refractivity contribution < 1.29 is 13.7 Å². The van der Waals surface area contributed by atoms with Crippen LogP contribution >= 0.6 is 0 Å². The van der Waals surface area contributed by atoms with E-state index in [1.54, 1.807) is 6.07 Å². The van der Waals surface area contributed by atoms with Crippen molar-refractivity contribution in [2.75, 3.05) is 13.2 Å². The lowest BCUT2D eigenvalue weighted by molar-refractivity contribution is 0.293. The normalized spacial score (nSPS) is 10.3. The molecule has 0 saturated carbocycles. The quantitative estimate of drug-likeness (QED) is 0.840. The van der Waals surface area contributed by atoms with Crippen LogP contribution < -0.4 is 10.5 Å². The highest BCUT2D eigenvalue weighted by molar-refractivity contribution is 5.88. The molecule has 0 fully saturated rings. The topological polar surface area (TPSA) is 85.1 Å². The number of nitriles is 1. The molecule has 5 nitrogen and oxygen atoms in total. The third kappa shape index (κ3) is 1.57. The number of aromatic nitrogens is 1. The van der Waals surface area contributed by atoms with Gasteiger partial charge in [-0.25, -0.2) is 4.39 Å². The third-order valence-electron chi connectivity index (χ3n) is 2.03. The van der Waals surface area contributed by atoms with Gasteiger partial charge in [0.1, 0.15) is 29.4 Å².